The molecule has 2 aliphatic rings. The zero-order chi connectivity index (χ0) is 22.1. The van der Waals surface area contributed by atoms with Gasteiger partial charge in [0, 0.05) is 48.8 Å². The normalized spacial score (nSPS) is 17.9. The second kappa shape index (κ2) is 9.12. The molecule has 0 atom stereocenters. The molecule has 2 aromatic heterocycles. The van der Waals surface area contributed by atoms with E-state index in [2.05, 4.69) is 15.3 Å². The number of nitrogens with zero attached hydrogens (tertiary/aromatic N) is 4. The predicted octanol–water partition coefficient (Wildman–Crippen LogP) is 5.57. The Morgan fingerprint density at radius 1 is 1.12 bits per heavy atom. The number of nitrogens with one attached hydrogen (secondary N) is 1. The van der Waals surface area contributed by atoms with Crippen LogP contribution in [0.1, 0.15) is 49.5 Å². The monoisotopic (exact) mass is 493 g/mol. The number of aromatic nitrogens is 3. The second-order valence-corrected chi connectivity index (χ2v) is 11.6. The molecule has 7 nitrogen and oxygen atoms in total. The van der Waals surface area contributed by atoms with Crippen LogP contribution in [0, 0.1) is 0 Å². The lowest BCUT2D eigenvalue weighted by atomic mass is 9.90. The average molecular weight is 494 g/mol. The Kier molecular flexibility index (Phi) is 6.24. The van der Waals surface area contributed by atoms with E-state index in [0.29, 0.717) is 30.3 Å². The Bertz CT molecular complexity index is 1200. The first-order valence-corrected chi connectivity index (χ1v) is 13.7. The van der Waals surface area contributed by atoms with Crippen molar-refractivity contribution in [3.05, 3.63) is 41.8 Å². The number of benzene rings is 1. The third-order valence-electron chi connectivity index (χ3n) is 6.10. The maximum Gasteiger partial charge on any atom is 0.243 e. The maximum absolute atomic E-state index is 13.4. The summed E-state index contributed by atoms with van der Waals surface area (Å²) in [5, 5.41) is 4.12. The van der Waals surface area contributed by atoms with E-state index >= 15 is 0 Å². The lowest BCUT2D eigenvalue weighted by Crippen LogP contribution is -2.42. The number of halogens is 1. The summed E-state index contributed by atoms with van der Waals surface area (Å²) < 4.78 is 42.6. The summed E-state index contributed by atoms with van der Waals surface area (Å²) in [7, 11) is -3.65. The fourth-order valence-electron chi connectivity index (χ4n) is 4.20. The molecule has 1 N–H and O–H groups in total. The van der Waals surface area contributed by atoms with Crippen molar-refractivity contribution in [3.8, 4) is 10.4 Å². The number of imidazole rings is 1. The molecule has 1 saturated heterocycles. The lowest BCUT2D eigenvalue weighted by Gasteiger charge is -2.30. The van der Waals surface area contributed by atoms with Crippen LogP contribution in [0.25, 0.3) is 10.4 Å². The summed E-state index contributed by atoms with van der Waals surface area (Å²) in [5.74, 6) is 0.755. The summed E-state index contributed by atoms with van der Waals surface area (Å²) in [6.45, 7) is 1.05. The fourth-order valence-corrected chi connectivity index (χ4v) is 7.40. The second-order valence-electron chi connectivity index (χ2n) is 8.14. The van der Waals surface area contributed by atoms with Crippen LogP contribution < -0.4 is 5.32 Å². The molecule has 3 heterocycles. The zero-order valence-corrected chi connectivity index (χ0v) is 19.9. The Morgan fingerprint density at radius 3 is 2.66 bits per heavy atom. The highest BCUT2D eigenvalue weighted by molar-refractivity contribution is 7.92. The minimum Gasteiger partial charge on any atom is -0.325 e. The van der Waals surface area contributed by atoms with Crippen LogP contribution in [-0.4, -0.2) is 39.8 Å². The van der Waals surface area contributed by atoms with Gasteiger partial charge < -0.3 is 5.32 Å². The zero-order valence-electron chi connectivity index (χ0n) is 17.4. The number of thiazole rings is 1. The number of rotatable bonds is 7. The molecule has 1 saturated carbocycles. The van der Waals surface area contributed by atoms with E-state index in [4.69, 9.17) is 0 Å². The molecule has 0 bridgehead atoms. The Balaban J connectivity index is 1.52. The summed E-state index contributed by atoms with van der Waals surface area (Å²) in [4.78, 5) is 9.86. The van der Waals surface area contributed by atoms with Crippen molar-refractivity contribution in [3.63, 3.8) is 0 Å². The fraction of sp³-hybridized carbons (Fsp3) is 0.429. The van der Waals surface area contributed by atoms with Gasteiger partial charge in [-0.3, -0.25) is 0 Å². The third-order valence-corrected chi connectivity index (χ3v) is 9.67. The Labute approximate surface area is 195 Å². The van der Waals surface area contributed by atoms with Crippen molar-refractivity contribution < 1.29 is 12.3 Å². The first-order valence-electron chi connectivity index (χ1n) is 10.8. The lowest BCUT2D eigenvalue weighted by molar-refractivity contribution is 0.309. The number of anilines is 2. The molecule has 0 unspecified atom stereocenters. The highest BCUT2D eigenvalue weighted by Crippen LogP contribution is 2.41. The van der Waals surface area contributed by atoms with Gasteiger partial charge in [-0.25, -0.2) is 22.4 Å². The number of hydrogen-bond donors (Lipinski definition) is 1. The smallest absolute Gasteiger partial charge is 0.243 e. The van der Waals surface area contributed by atoms with Gasteiger partial charge in [-0.15, -0.1) is 15.2 Å². The minimum atomic E-state index is -3.65. The van der Waals surface area contributed by atoms with Gasteiger partial charge in [0.1, 0.15) is 0 Å². The van der Waals surface area contributed by atoms with Gasteiger partial charge >= 0.3 is 0 Å². The van der Waals surface area contributed by atoms with Crippen LogP contribution in [0.2, 0.25) is 0 Å². The van der Waals surface area contributed by atoms with E-state index in [1.807, 2.05) is 6.07 Å². The highest BCUT2D eigenvalue weighted by atomic mass is 32.2. The van der Waals surface area contributed by atoms with Crippen LogP contribution >= 0.6 is 23.7 Å². The van der Waals surface area contributed by atoms with Gasteiger partial charge in [-0.05, 0) is 31.4 Å². The van der Waals surface area contributed by atoms with Crippen LogP contribution in [0.15, 0.2) is 41.7 Å². The van der Waals surface area contributed by atoms with Crippen molar-refractivity contribution in [2.75, 3.05) is 18.4 Å². The van der Waals surface area contributed by atoms with Gasteiger partial charge in [0.25, 0.3) is 0 Å². The first kappa shape index (κ1) is 21.9. The summed E-state index contributed by atoms with van der Waals surface area (Å²) >= 11 is 1.62. The van der Waals surface area contributed by atoms with Crippen LogP contribution in [0.5, 0.6) is 0 Å². The van der Waals surface area contributed by atoms with Crippen molar-refractivity contribution in [1.82, 2.24) is 18.2 Å². The van der Waals surface area contributed by atoms with Gasteiger partial charge in [0.05, 0.1) is 14.8 Å². The molecular weight excluding hydrogens is 469 g/mol. The highest BCUT2D eigenvalue weighted by Gasteiger charge is 2.32. The topological polar surface area (TPSA) is 80.1 Å². The molecule has 0 amide bonds. The van der Waals surface area contributed by atoms with E-state index < -0.39 is 10.0 Å². The molecule has 1 aliphatic carbocycles. The quantitative estimate of drug-likeness (QED) is 0.463. The molecule has 11 heteroatoms. The average Bonchev–Trinajstić information content (AvgIpc) is 3.42. The largest absolute Gasteiger partial charge is 0.325 e. The summed E-state index contributed by atoms with van der Waals surface area (Å²) in [6.07, 6.45) is 11.7. The molecule has 3 aromatic rings. The van der Waals surface area contributed by atoms with Crippen molar-refractivity contribution in [1.29, 1.82) is 0 Å². The summed E-state index contributed by atoms with van der Waals surface area (Å²) in [5.41, 5.74) is 1.19. The van der Waals surface area contributed by atoms with Gasteiger partial charge in [0.2, 0.25) is 16.0 Å². The van der Waals surface area contributed by atoms with Gasteiger partial charge in [-0.1, -0.05) is 25.3 Å². The van der Waals surface area contributed by atoms with E-state index in [1.165, 1.54) is 39.9 Å². The SMILES string of the molecule is O=S(=O)(c1cc(Nc2nccn2SF)ccc1-c1cnc(C2CCCCC2)s1)N1CCC1. The first-order chi connectivity index (χ1) is 15.6. The predicted molar refractivity (Wildman–Crippen MR) is 126 cm³/mol. The van der Waals surface area contributed by atoms with E-state index in [1.54, 1.807) is 29.7 Å². The van der Waals surface area contributed by atoms with Crippen LogP contribution in [0.3, 0.4) is 0 Å². The molecule has 1 aromatic carbocycles. The van der Waals surface area contributed by atoms with Crippen molar-refractivity contribution in [2.24, 2.45) is 0 Å². The molecule has 0 spiro atoms. The van der Waals surface area contributed by atoms with E-state index in [0.717, 1.165) is 29.1 Å². The molecule has 32 heavy (non-hydrogen) atoms. The van der Waals surface area contributed by atoms with E-state index in [-0.39, 0.29) is 23.2 Å². The van der Waals surface area contributed by atoms with Gasteiger partial charge in [0.15, 0.2) is 12.3 Å². The molecule has 1 aliphatic heterocycles. The number of sulfonamides is 1. The van der Waals surface area contributed by atoms with Crippen LogP contribution in [0.4, 0.5) is 15.5 Å². The molecule has 2 fully saturated rings. The van der Waals surface area contributed by atoms with Gasteiger partial charge in [-0.2, -0.15) is 4.31 Å². The summed E-state index contributed by atoms with van der Waals surface area (Å²) in [6, 6.07) is 5.22. The Hall–Kier alpha value is -1.95. The third kappa shape index (κ3) is 4.18. The standard InChI is InChI=1S/C21H24FN5O2S3/c22-31-27-12-9-23-21(27)25-16-7-8-17(19(13-16)32(28,29)26-10-4-11-26)18-14-24-20(30-18)15-5-2-1-3-6-15/h7-9,12-15H,1-6,10-11H2,(H,23,25). The van der Waals surface area contributed by atoms with Crippen molar-refractivity contribution >= 4 is 45.3 Å². The molecule has 170 valence electrons. The van der Waals surface area contributed by atoms with E-state index in [9.17, 15) is 12.3 Å². The Morgan fingerprint density at radius 2 is 1.94 bits per heavy atom. The minimum absolute atomic E-state index is 0.0236. The molecule has 0 radical (unpaired) electrons. The van der Waals surface area contributed by atoms with Crippen molar-refractivity contribution in [2.45, 2.75) is 49.3 Å². The molecule has 5 rings (SSSR count). The van der Waals surface area contributed by atoms with Crippen LogP contribution in [-0.2, 0) is 10.0 Å². The maximum atomic E-state index is 13.4. The number of hydrogen-bond acceptors (Lipinski definition) is 7. The molecular formula is C21H24FN5O2S3.